The van der Waals surface area contributed by atoms with Crippen molar-refractivity contribution in [2.24, 2.45) is 9.98 Å². The van der Waals surface area contributed by atoms with Gasteiger partial charge in [0.25, 0.3) is 0 Å². The largest absolute Gasteiger partial charge is 0.259 e. The lowest BCUT2D eigenvalue weighted by atomic mass is 10.1. The number of allylic oxidation sites excluding steroid dienone is 5. The first-order chi connectivity index (χ1) is 9.70. The zero-order valence-corrected chi connectivity index (χ0v) is 12.1. The van der Waals surface area contributed by atoms with Crippen molar-refractivity contribution >= 4 is 12.6 Å². The van der Waals surface area contributed by atoms with E-state index < -0.39 is 0 Å². The predicted octanol–water partition coefficient (Wildman–Crippen LogP) is 4.68. The molecule has 0 amide bonds. The SMILES string of the molecule is C=NC(=NC(C)c1ccccc1)C1=CC=C(C)C=CC1. The molecule has 2 heteroatoms. The summed E-state index contributed by atoms with van der Waals surface area (Å²) in [5.74, 6) is 0.733. The van der Waals surface area contributed by atoms with E-state index in [9.17, 15) is 0 Å². The van der Waals surface area contributed by atoms with Gasteiger partial charge in [0.05, 0.1) is 6.04 Å². The Balaban J connectivity index is 2.26. The van der Waals surface area contributed by atoms with Crippen LogP contribution in [0.15, 0.2) is 75.8 Å². The highest BCUT2D eigenvalue weighted by atomic mass is 14.9. The van der Waals surface area contributed by atoms with Gasteiger partial charge in [-0.25, -0.2) is 4.99 Å². The molecule has 1 aliphatic rings. The van der Waals surface area contributed by atoms with E-state index in [1.165, 1.54) is 11.1 Å². The van der Waals surface area contributed by atoms with Crippen molar-refractivity contribution in [3.8, 4) is 0 Å². The summed E-state index contributed by atoms with van der Waals surface area (Å²) < 4.78 is 0. The normalized spacial score (nSPS) is 17.0. The molecule has 0 saturated heterocycles. The van der Waals surface area contributed by atoms with Gasteiger partial charge in [-0.1, -0.05) is 60.2 Å². The Morgan fingerprint density at radius 3 is 2.65 bits per heavy atom. The van der Waals surface area contributed by atoms with Crippen LogP contribution in [-0.2, 0) is 0 Å². The average molecular weight is 264 g/mol. The standard InChI is InChI=1S/C18H20N2/c1-14-8-7-11-17(13-12-14)18(19-3)20-15(2)16-9-5-4-6-10-16/h4-10,12-13,15H,3,11H2,1-2H3. The lowest BCUT2D eigenvalue weighted by Gasteiger charge is -2.10. The van der Waals surface area contributed by atoms with E-state index in [1.54, 1.807) is 0 Å². The van der Waals surface area contributed by atoms with Crippen molar-refractivity contribution in [3.63, 3.8) is 0 Å². The third-order valence-corrected chi connectivity index (χ3v) is 3.30. The zero-order chi connectivity index (χ0) is 14.4. The van der Waals surface area contributed by atoms with Crippen LogP contribution in [0.1, 0.15) is 31.9 Å². The molecule has 2 rings (SSSR count). The second-order valence-electron chi connectivity index (χ2n) is 4.91. The third-order valence-electron chi connectivity index (χ3n) is 3.30. The summed E-state index contributed by atoms with van der Waals surface area (Å²) in [5, 5.41) is 0. The van der Waals surface area contributed by atoms with Crippen LogP contribution in [-0.4, -0.2) is 12.6 Å². The van der Waals surface area contributed by atoms with Crippen LogP contribution in [0, 0.1) is 0 Å². The molecule has 1 aliphatic carbocycles. The summed E-state index contributed by atoms with van der Waals surface area (Å²) in [6, 6.07) is 10.3. The Morgan fingerprint density at radius 1 is 1.20 bits per heavy atom. The molecule has 0 aliphatic heterocycles. The molecule has 0 heterocycles. The Labute approximate surface area is 121 Å². The van der Waals surface area contributed by atoms with Gasteiger partial charge < -0.3 is 0 Å². The van der Waals surface area contributed by atoms with Gasteiger partial charge in [0.2, 0.25) is 0 Å². The van der Waals surface area contributed by atoms with Crippen molar-refractivity contribution in [2.45, 2.75) is 26.3 Å². The number of nitrogens with zero attached hydrogens (tertiary/aromatic N) is 2. The highest BCUT2D eigenvalue weighted by Gasteiger charge is 2.09. The van der Waals surface area contributed by atoms with Gasteiger partial charge in [0.1, 0.15) is 0 Å². The zero-order valence-electron chi connectivity index (χ0n) is 12.1. The smallest absolute Gasteiger partial charge is 0.150 e. The van der Waals surface area contributed by atoms with Gasteiger partial charge in [-0.05, 0) is 32.5 Å². The maximum absolute atomic E-state index is 4.71. The summed E-state index contributed by atoms with van der Waals surface area (Å²) in [4.78, 5) is 8.82. The Bertz CT molecular complexity index is 589. The van der Waals surface area contributed by atoms with Crippen LogP contribution in [0.5, 0.6) is 0 Å². The van der Waals surface area contributed by atoms with Crippen molar-refractivity contribution in [3.05, 3.63) is 71.3 Å². The first kappa shape index (κ1) is 14.2. The molecule has 0 fully saturated rings. The van der Waals surface area contributed by atoms with Crippen LogP contribution in [0.2, 0.25) is 0 Å². The van der Waals surface area contributed by atoms with E-state index >= 15 is 0 Å². The second-order valence-corrected chi connectivity index (χ2v) is 4.91. The van der Waals surface area contributed by atoms with E-state index in [2.05, 4.69) is 62.0 Å². The van der Waals surface area contributed by atoms with E-state index in [1.807, 2.05) is 18.2 Å². The topological polar surface area (TPSA) is 24.7 Å². The van der Waals surface area contributed by atoms with E-state index in [0.29, 0.717) is 0 Å². The summed E-state index contributed by atoms with van der Waals surface area (Å²) >= 11 is 0. The lowest BCUT2D eigenvalue weighted by molar-refractivity contribution is 0.817. The van der Waals surface area contributed by atoms with Crippen molar-refractivity contribution in [1.82, 2.24) is 0 Å². The van der Waals surface area contributed by atoms with Crippen molar-refractivity contribution < 1.29 is 0 Å². The number of benzene rings is 1. The van der Waals surface area contributed by atoms with E-state index in [-0.39, 0.29) is 6.04 Å². The first-order valence-corrected chi connectivity index (χ1v) is 6.84. The summed E-state index contributed by atoms with van der Waals surface area (Å²) in [6.45, 7) is 7.83. The molecule has 2 nitrogen and oxygen atoms in total. The minimum Gasteiger partial charge on any atom is -0.259 e. The molecule has 1 aromatic carbocycles. The van der Waals surface area contributed by atoms with Gasteiger partial charge in [0, 0.05) is 5.57 Å². The average Bonchev–Trinajstić information content (AvgIpc) is 2.70. The van der Waals surface area contributed by atoms with Crippen LogP contribution in [0.4, 0.5) is 0 Å². The first-order valence-electron chi connectivity index (χ1n) is 6.84. The summed E-state index contributed by atoms with van der Waals surface area (Å²) in [6.07, 6.45) is 9.27. The monoisotopic (exact) mass is 264 g/mol. The number of hydrogen-bond acceptors (Lipinski definition) is 1. The molecular formula is C18H20N2. The molecule has 1 atom stereocenters. The Hall–Kier alpha value is -2.22. The number of amidine groups is 1. The number of rotatable bonds is 3. The second kappa shape index (κ2) is 6.80. The fourth-order valence-electron chi connectivity index (χ4n) is 2.11. The molecule has 0 N–H and O–H groups in total. The van der Waals surface area contributed by atoms with Gasteiger partial charge >= 0.3 is 0 Å². The molecular weight excluding hydrogens is 244 g/mol. The van der Waals surface area contributed by atoms with Gasteiger partial charge in [-0.15, -0.1) is 0 Å². The van der Waals surface area contributed by atoms with Gasteiger partial charge in [-0.3, -0.25) is 4.99 Å². The maximum Gasteiger partial charge on any atom is 0.150 e. The molecule has 0 aromatic heterocycles. The maximum atomic E-state index is 4.71. The molecule has 1 aromatic rings. The van der Waals surface area contributed by atoms with Crippen LogP contribution in [0.3, 0.4) is 0 Å². The Kier molecular flexibility index (Phi) is 4.83. The lowest BCUT2D eigenvalue weighted by Crippen LogP contribution is -2.02. The molecule has 1 unspecified atom stereocenters. The fraction of sp³-hybridized carbons (Fsp3) is 0.222. The van der Waals surface area contributed by atoms with Gasteiger partial charge in [-0.2, -0.15) is 0 Å². The van der Waals surface area contributed by atoms with E-state index in [0.717, 1.165) is 17.8 Å². The molecule has 0 saturated carbocycles. The van der Waals surface area contributed by atoms with Crippen LogP contribution < -0.4 is 0 Å². The van der Waals surface area contributed by atoms with Gasteiger partial charge in [0.15, 0.2) is 5.84 Å². The number of aliphatic imine (C=N–C) groups is 2. The summed E-state index contributed by atoms with van der Waals surface area (Å²) in [5.41, 5.74) is 3.53. The fourth-order valence-corrected chi connectivity index (χ4v) is 2.11. The quantitative estimate of drug-likeness (QED) is 0.559. The Morgan fingerprint density at radius 2 is 1.95 bits per heavy atom. The minimum absolute atomic E-state index is 0.0786. The molecule has 102 valence electrons. The van der Waals surface area contributed by atoms with Crippen LogP contribution in [0.25, 0.3) is 0 Å². The highest BCUT2D eigenvalue weighted by molar-refractivity contribution is 6.01. The molecule has 0 radical (unpaired) electrons. The molecule has 20 heavy (non-hydrogen) atoms. The third kappa shape index (κ3) is 3.64. The van der Waals surface area contributed by atoms with Crippen molar-refractivity contribution in [1.29, 1.82) is 0 Å². The molecule has 0 bridgehead atoms. The summed E-state index contributed by atoms with van der Waals surface area (Å²) in [7, 11) is 0. The number of hydrogen-bond donors (Lipinski definition) is 0. The predicted molar refractivity (Wildman–Crippen MR) is 87.4 cm³/mol. The highest BCUT2D eigenvalue weighted by Crippen LogP contribution is 2.20. The van der Waals surface area contributed by atoms with E-state index in [4.69, 9.17) is 4.99 Å². The van der Waals surface area contributed by atoms with Crippen LogP contribution >= 0.6 is 0 Å². The minimum atomic E-state index is 0.0786. The molecule has 0 spiro atoms. The van der Waals surface area contributed by atoms with Crippen molar-refractivity contribution in [2.75, 3.05) is 0 Å².